The van der Waals surface area contributed by atoms with E-state index in [-0.39, 0.29) is 17.6 Å². The highest BCUT2D eigenvalue weighted by Crippen LogP contribution is 2.35. The Kier molecular flexibility index (Phi) is 5.37. The number of carbonyl (C=O) groups excluding carboxylic acids is 1. The Morgan fingerprint density at radius 3 is 2.41 bits per heavy atom. The number of piperidine rings is 1. The fraction of sp³-hybridized carbons (Fsp3) is 0.941. The second-order valence-corrected chi connectivity index (χ2v) is 7.25. The Balaban J connectivity index is 1.47. The lowest BCUT2D eigenvalue weighted by atomic mass is 9.83. The van der Waals surface area contributed by atoms with E-state index >= 15 is 0 Å². The summed E-state index contributed by atoms with van der Waals surface area (Å²) < 4.78 is 5.96. The van der Waals surface area contributed by atoms with Crippen LogP contribution < -0.4 is 0 Å². The van der Waals surface area contributed by atoms with Gasteiger partial charge in [-0.25, -0.2) is 0 Å². The summed E-state index contributed by atoms with van der Waals surface area (Å²) in [6.07, 6.45) is 8.05. The number of amides is 1. The molecule has 1 atom stereocenters. The minimum Gasteiger partial charge on any atom is -0.393 e. The van der Waals surface area contributed by atoms with Crippen molar-refractivity contribution >= 4 is 5.91 Å². The van der Waals surface area contributed by atoms with Crippen LogP contribution in [0.5, 0.6) is 0 Å². The number of rotatable bonds is 2. The van der Waals surface area contributed by atoms with E-state index in [4.69, 9.17) is 4.74 Å². The van der Waals surface area contributed by atoms with Crippen molar-refractivity contribution in [2.45, 2.75) is 63.1 Å². The molecule has 3 aliphatic heterocycles. The van der Waals surface area contributed by atoms with Gasteiger partial charge >= 0.3 is 0 Å². The maximum atomic E-state index is 12.5. The van der Waals surface area contributed by atoms with Gasteiger partial charge in [-0.2, -0.15) is 0 Å². The first-order chi connectivity index (χ1) is 10.7. The predicted molar refractivity (Wildman–Crippen MR) is 84.6 cm³/mol. The zero-order valence-corrected chi connectivity index (χ0v) is 13.6. The molecule has 126 valence electrons. The maximum absolute atomic E-state index is 12.5. The number of nitrogens with zero attached hydrogens (tertiary/aromatic N) is 2. The summed E-state index contributed by atoms with van der Waals surface area (Å²) in [5, 5.41) is 9.88. The first-order valence-corrected chi connectivity index (χ1v) is 8.99. The topological polar surface area (TPSA) is 53.0 Å². The SMILES string of the molecule is O=C(CN1CCCCCC1)N1CCC2(CC1)CC(O)CCO2. The van der Waals surface area contributed by atoms with Gasteiger partial charge in [-0.05, 0) is 45.2 Å². The van der Waals surface area contributed by atoms with Crippen LogP contribution >= 0.6 is 0 Å². The normalized spacial score (nSPS) is 30.2. The Hall–Kier alpha value is -0.650. The number of hydrogen-bond acceptors (Lipinski definition) is 4. The number of aliphatic hydroxyl groups excluding tert-OH is 1. The average Bonchev–Trinajstić information content (AvgIpc) is 2.76. The van der Waals surface area contributed by atoms with Gasteiger partial charge in [-0.15, -0.1) is 0 Å². The first kappa shape index (κ1) is 16.2. The molecular weight excluding hydrogens is 280 g/mol. The van der Waals surface area contributed by atoms with Crippen molar-refractivity contribution in [1.82, 2.24) is 9.80 Å². The van der Waals surface area contributed by atoms with E-state index in [0.29, 0.717) is 13.2 Å². The van der Waals surface area contributed by atoms with Crippen LogP contribution in [0.4, 0.5) is 0 Å². The van der Waals surface area contributed by atoms with Crippen LogP contribution in [0, 0.1) is 0 Å². The molecule has 5 heteroatoms. The van der Waals surface area contributed by atoms with Gasteiger partial charge in [0.25, 0.3) is 0 Å². The lowest BCUT2D eigenvalue weighted by Crippen LogP contribution is -2.53. The fourth-order valence-corrected chi connectivity index (χ4v) is 4.10. The van der Waals surface area contributed by atoms with Crippen LogP contribution in [-0.4, -0.2) is 71.8 Å². The minimum absolute atomic E-state index is 0.170. The maximum Gasteiger partial charge on any atom is 0.236 e. The molecule has 1 amide bonds. The average molecular weight is 310 g/mol. The van der Waals surface area contributed by atoms with E-state index in [0.717, 1.165) is 51.9 Å². The van der Waals surface area contributed by atoms with E-state index in [1.165, 1.54) is 25.7 Å². The van der Waals surface area contributed by atoms with Crippen LogP contribution in [0.25, 0.3) is 0 Å². The molecule has 5 nitrogen and oxygen atoms in total. The molecule has 22 heavy (non-hydrogen) atoms. The van der Waals surface area contributed by atoms with Crippen molar-refractivity contribution in [3.8, 4) is 0 Å². The Morgan fingerprint density at radius 1 is 1.09 bits per heavy atom. The molecule has 3 saturated heterocycles. The quantitative estimate of drug-likeness (QED) is 0.837. The molecule has 0 bridgehead atoms. The van der Waals surface area contributed by atoms with E-state index in [2.05, 4.69) is 4.90 Å². The Morgan fingerprint density at radius 2 is 1.77 bits per heavy atom. The van der Waals surface area contributed by atoms with Crippen molar-refractivity contribution in [1.29, 1.82) is 0 Å². The molecule has 3 aliphatic rings. The third-order valence-electron chi connectivity index (χ3n) is 5.55. The molecule has 0 aromatic heterocycles. The second kappa shape index (κ2) is 7.28. The number of hydrogen-bond donors (Lipinski definition) is 1. The molecule has 3 rings (SSSR count). The molecule has 0 saturated carbocycles. The summed E-state index contributed by atoms with van der Waals surface area (Å²) in [7, 11) is 0. The highest BCUT2D eigenvalue weighted by Gasteiger charge is 2.40. The summed E-state index contributed by atoms with van der Waals surface area (Å²) >= 11 is 0. The molecule has 0 aliphatic carbocycles. The number of aliphatic hydroxyl groups is 1. The lowest BCUT2D eigenvalue weighted by Gasteiger charge is -2.45. The van der Waals surface area contributed by atoms with Crippen molar-refractivity contribution in [2.75, 3.05) is 39.3 Å². The van der Waals surface area contributed by atoms with Gasteiger partial charge in [-0.1, -0.05) is 12.8 Å². The highest BCUT2D eigenvalue weighted by molar-refractivity contribution is 5.78. The number of likely N-dealkylation sites (tertiary alicyclic amines) is 2. The summed E-state index contributed by atoms with van der Waals surface area (Å²) in [4.78, 5) is 16.8. The summed E-state index contributed by atoms with van der Waals surface area (Å²) in [6.45, 7) is 4.93. The largest absolute Gasteiger partial charge is 0.393 e. The first-order valence-electron chi connectivity index (χ1n) is 8.99. The monoisotopic (exact) mass is 310 g/mol. The van der Waals surface area contributed by atoms with E-state index < -0.39 is 0 Å². The predicted octanol–water partition coefficient (Wildman–Crippen LogP) is 1.39. The smallest absolute Gasteiger partial charge is 0.236 e. The highest BCUT2D eigenvalue weighted by atomic mass is 16.5. The standard InChI is InChI=1S/C17H30N2O3/c20-15-5-12-22-17(13-15)6-10-19(11-7-17)16(21)14-18-8-3-1-2-4-9-18/h15,20H,1-14H2. The molecule has 1 N–H and O–H groups in total. The molecule has 0 radical (unpaired) electrons. The van der Waals surface area contributed by atoms with Crippen LogP contribution in [0.1, 0.15) is 51.4 Å². The van der Waals surface area contributed by atoms with Gasteiger partial charge < -0.3 is 14.7 Å². The Labute approximate surface area is 133 Å². The van der Waals surface area contributed by atoms with Crippen molar-refractivity contribution in [2.24, 2.45) is 0 Å². The molecule has 0 aromatic carbocycles. The van der Waals surface area contributed by atoms with E-state index in [1.54, 1.807) is 0 Å². The summed E-state index contributed by atoms with van der Waals surface area (Å²) in [6, 6.07) is 0. The number of ether oxygens (including phenoxy) is 1. The molecular formula is C17H30N2O3. The zero-order chi connectivity index (χ0) is 15.4. The van der Waals surface area contributed by atoms with Gasteiger partial charge in [0, 0.05) is 26.1 Å². The van der Waals surface area contributed by atoms with Crippen molar-refractivity contribution in [3.05, 3.63) is 0 Å². The van der Waals surface area contributed by atoms with Crippen LogP contribution in [0.3, 0.4) is 0 Å². The van der Waals surface area contributed by atoms with Crippen LogP contribution in [0.2, 0.25) is 0 Å². The van der Waals surface area contributed by atoms with Gasteiger partial charge in [-0.3, -0.25) is 9.69 Å². The van der Waals surface area contributed by atoms with Crippen LogP contribution in [0.15, 0.2) is 0 Å². The third kappa shape index (κ3) is 4.00. The van der Waals surface area contributed by atoms with Crippen molar-refractivity contribution in [3.63, 3.8) is 0 Å². The molecule has 1 spiro atoms. The summed E-state index contributed by atoms with van der Waals surface area (Å²) in [5.74, 6) is 0.271. The van der Waals surface area contributed by atoms with Crippen molar-refractivity contribution < 1.29 is 14.6 Å². The van der Waals surface area contributed by atoms with Gasteiger partial charge in [0.2, 0.25) is 5.91 Å². The van der Waals surface area contributed by atoms with Gasteiger partial charge in [0.1, 0.15) is 0 Å². The molecule has 3 heterocycles. The lowest BCUT2D eigenvalue weighted by molar-refractivity contribution is -0.154. The van der Waals surface area contributed by atoms with Gasteiger partial charge in [0.05, 0.1) is 18.2 Å². The zero-order valence-electron chi connectivity index (χ0n) is 13.6. The summed E-state index contributed by atoms with van der Waals surface area (Å²) in [5.41, 5.74) is -0.170. The number of carbonyl (C=O) groups is 1. The fourth-order valence-electron chi connectivity index (χ4n) is 4.10. The molecule has 0 aromatic rings. The van der Waals surface area contributed by atoms with Gasteiger partial charge in [0.15, 0.2) is 0 Å². The Bertz CT molecular complexity index is 372. The minimum atomic E-state index is -0.229. The van der Waals surface area contributed by atoms with Crippen LogP contribution in [-0.2, 0) is 9.53 Å². The van der Waals surface area contributed by atoms with E-state index in [1.807, 2.05) is 4.90 Å². The van der Waals surface area contributed by atoms with E-state index in [9.17, 15) is 9.90 Å². The molecule has 1 unspecified atom stereocenters. The molecule has 3 fully saturated rings. The second-order valence-electron chi connectivity index (χ2n) is 7.25. The third-order valence-corrected chi connectivity index (χ3v) is 5.55.